The van der Waals surface area contributed by atoms with E-state index in [1.165, 1.54) is 37.9 Å². The van der Waals surface area contributed by atoms with E-state index < -0.39 is 0 Å². The summed E-state index contributed by atoms with van der Waals surface area (Å²) in [5, 5.41) is 3.20. The third kappa shape index (κ3) is 4.08. The molecule has 0 bridgehead atoms. The van der Waals surface area contributed by atoms with Gasteiger partial charge in [0.05, 0.1) is 5.41 Å². The fourth-order valence-electron chi connectivity index (χ4n) is 4.70. The second-order valence-corrected chi connectivity index (χ2v) is 8.14. The van der Waals surface area contributed by atoms with Crippen molar-refractivity contribution in [2.75, 3.05) is 18.4 Å². The number of likely N-dealkylation sites (tertiary alicyclic amines) is 1. The fraction of sp³-hybridized carbons (Fsp3) is 0.458. The third-order valence-electron chi connectivity index (χ3n) is 6.28. The Morgan fingerprint density at radius 3 is 2.19 bits per heavy atom. The van der Waals surface area contributed by atoms with Crippen LogP contribution in [0.3, 0.4) is 0 Å². The van der Waals surface area contributed by atoms with E-state index in [0.29, 0.717) is 0 Å². The summed E-state index contributed by atoms with van der Waals surface area (Å²) in [5.41, 5.74) is 3.02. The smallest absolute Gasteiger partial charge is 0.235 e. The average molecular weight is 363 g/mol. The van der Waals surface area contributed by atoms with Gasteiger partial charge in [-0.25, -0.2) is 0 Å². The maximum absolute atomic E-state index is 13.2. The van der Waals surface area contributed by atoms with E-state index in [-0.39, 0.29) is 11.3 Å². The van der Waals surface area contributed by atoms with Gasteiger partial charge in [-0.2, -0.15) is 0 Å². The van der Waals surface area contributed by atoms with E-state index in [1.54, 1.807) is 0 Å². The molecule has 0 atom stereocenters. The highest BCUT2D eigenvalue weighted by Crippen LogP contribution is 2.42. The molecule has 3 heteroatoms. The molecule has 27 heavy (non-hydrogen) atoms. The number of carbonyl (C=O) groups excluding carboxylic acids is 1. The van der Waals surface area contributed by atoms with E-state index in [1.807, 2.05) is 18.2 Å². The van der Waals surface area contributed by atoms with Gasteiger partial charge in [0.15, 0.2) is 0 Å². The minimum absolute atomic E-state index is 0.148. The Morgan fingerprint density at radius 1 is 0.852 bits per heavy atom. The van der Waals surface area contributed by atoms with Crippen molar-refractivity contribution in [2.45, 2.75) is 56.9 Å². The molecule has 1 N–H and O–H groups in total. The van der Waals surface area contributed by atoms with Gasteiger partial charge in [-0.3, -0.25) is 9.69 Å². The van der Waals surface area contributed by atoms with Crippen LogP contribution in [0, 0.1) is 0 Å². The molecule has 0 aromatic heterocycles. The minimum Gasteiger partial charge on any atom is -0.325 e. The van der Waals surface area contributed by atoms with Crippen molar-refractivity contribution < 1.29 is 4.79 Å². The van der Waals surface area contributed by atoms with Crippen LogP contribution in [0.15, 0.2) is 54.6 Å². The van der Waals surface area contributed by atoms with Gasteiger partial charge in [0, 0.05) is 12.2 Å². The summed E-state index contributed by atoms with van der Waals surface area (Å²) in [4.78, 5) is 15.7. The summed E-state index contributed by atoms with van der Waals surface area (Å²) in [5.74, 6) is 0.148. The molecular formula is C24H30N2O. The van der Waals surface area contributed by atoms with E-state index in [0.717, 1.165) is 43.5 Å². The Bertz CT molecular complexity index is 742. The molecule has 0 unspecified atom stereocenters. The molecule has 1 amide bonds. The van der Waals surface area contributed by atoms with Crippen molar-refractivity contribution in [3.05, 3.63) is 65.7 Å². The monoisotopic (exact) mass is 362 g/mol. The molecule has 1 saturated carbocycles. The second kappa shape index (κ2) is 8.26. The Labute approximate surface area is 162 Å². The van der Waals surface area contributed by atoms with Gasteiger partial charge in [-0.1, -0.05) is 61.7 Å². The molecule has 142 valence electrons. The van der Waals surface area contributed by atoms with Crippen LogP contribution >= 0.6 is 0 Å². The number of anilines is 1. The molecule has 4 rings (SSSR count). The number of hydrogen-bond donors (Lipinski definition) is 1. The minimum atomic E-state index is -0.367. The van der Waals surface area contributed by atoms with Crippen LogP contribution < -0.4 is 5.32 Å². The summed E-state index contributed by atoms with van der Waals surface area (Å²) in [6.45, 7) is 3.43. The zero-order valence-corrected chi connectivity index (χ0v) is 16.1. The highest BCUT2D eigenvalue weighted by Gasteiger charge is 2.42. The fourth-order valence-corrected chi connectivity index (χ4v) is 4.70. The molecule has 2 aromatic carbocycles. The highest BCUT2D eigenvalue weighted by molar-refractivity contribution is 5.99. The first-order valence-corrected chi connectivity index (χ1v) is 10.4. The maximum atomic E-state index is 13.2. The van der Waals surface area contributed by atoms with E-state index in [9.17, 15) is 4.79 Å². The molecule has 1 heterocycles. The van der Waals surface area contributed by atoms with E-state index in [4.69, 9.17) is 0 Å². The van der Waals surface area contributed by atoms with Gasteiger partial charge in [-0.15, -0.1) is 0 Å². The lowest BCUT2D eigenvalue weighted by atomic mass is 9.78. The van der Waals surface area contributed by atoms with Crippen LogP contribution in [0.5, 0.6) is 0 Å². The average Bonchev–Trinajstić information content (AvgIpc) is 3.22. The lowest BCUT2D eigenvalue weighted by Gasteiger charge is -2.28. The first-order chi connectivity index (χ1) is 13.3. The number of rotatable bonds is 5. The predicted octanol–water partition coefficient (Wildman–Crippen LogP) is 5.12. The number of nitrogens with one attached hydrogen (secondary N) is 1. The number of hydrogen-bond acceptors (Lipinski definition) is 2. The quantitative estimate of drug-likeness (QED) is 0.800. The molecule has 2 fully saturated rings. The number of piperidine rings is 1. The molecule has 2 aromatic rings. The van der Waals surface area contributed by atoms with Crippen molar-refractivity contribution in [2.24, 2.45) is 0 Å². The molecule has 0 radical (unpaired) electrons. The highest BCUT2D eigenvalue weighted by atomic mass is 16.2. The summed E-state index contributed by atoms with van der Waals surface area (Å²) in [6.07, 6.45) is 8.12. The van der Waals surface area contributed by atoms with Crippen LogP contribution in [-0.4, -0.2) is 23.9 Å². The largest absolute Gasteiger partial charge is 0.325 e. The van der Waals surface area contributed by atoms with Gasteiger partial charge in [-0.05, 0) is 62.0 Å². The normalized spacial score (nSPS) is 19.7. The van der Waals surface area contributed by atoms with Crippen LogP contribution in [0.25, 0.3) is 0 Å². The SMILES string of the molecule is O=C(Nc1ccc(CN2CCCCC2)cc1)C1(c2ccccc2)CCCC1. The number of amides is 1. The third-order valence-corrected chi connectivity index (χ3v) is 6.28. The van der Waals surface area contributed by atoms with Crippen LogP contribution in [-0.2, 0) is 16.8 Å². The van der Waals surface area contributed by atoms with Crippen LogP contribution in [0.1, 0.15) is 56.1 Å². The van der Waals surface area contributed by atoms with Crippen molar-refractivity contribution in [3.63, 3.8) is 0 Å². The van der Waals surface area contributed by atoms with E-state index >= 15 is 0 Å². The molecule has 1 aliphatic heterocycles. The maximum Gasteiger partial charge on any atom is 0.235 e. The number of nitrogens with zero attached hydrogens (tertiary/aromatic N) is 1. The van der Waals surface area contributed by atoms with Gasteiger partial charge in [0.1, 0.15) is 0 Å². The zero-order valence-electron chi connectivity index (χ0n) is 16.1. The first-order valence-electron chi connectivity index (χ1n) is 10.4. The number of carbonyl (C=O) groups is 1. The lowest BCUT2D eigenvalue weighted by Crippen LogP contribution is -2.37. The zero-order chi connectivity index (χ0) is 18.5. The Kier molecular flexibility index (Phi) is 5.58. The summed E-state index contributed by atoms with van der Waals surface area (Å²) in [6, 6.07) is 18.7. The Morgan fingerprint density at radius 2 is 1.52 bits per heavy atom. The van der Waals surface area contributed by atoms with Crippen molar-refractivity contribution >= 4 is 11.6 Å². The molecule has 1 aliphatic carbocycles. The molecular weight excluding hydrogens is 332 g/mol. The molecule has 3 nitrogen and oxygen atoms in total. The van der Waals surface area contributed by atoms with Crippen molar-refractivity contribution in [1.82, 2.24) is 4.90 Å². The standard InChI is InChI=1S/C24H30N2O/c27-23(24(15-5-6-16-24)21-9-3-1-4-10-21)25-22-13-11-20(12-14-22)19-26-17-7-2-8-18-26/h1,3-4,9-14H,2,5-8,15-19H2,(H,25,27). The van der Waals surface area contributed by atoms with Gasteiger partial charge in [0.2, 0.25) is 5.91 Å². The van der Waals surface area contributed by atoms with Gasteiger partial charge < -0.3 is 5.32 Å². The summed E-state index contributed by atoms with van der Waals surface area (Å²) in [7, 11) is 0. The predicted molar refractivity (Wildman–Crippen MR) is 111 cm³/mol. The van der Waals surface area contributed by atoms with E-state index in [2.05, 4.69) is 46.6 Å². The first kappa shape index (κ1) is 18.2. The molecule has 1 saturated heterocycles. The summed E-state index contributed by atoms with van der Waals surface area (Å²) < 4.78 is 0. The lowest BCUT2D eigenvalue weighted by molar-refractivity contribution is -0.121. The van der Waals surface area contributed by atoms with Crippen LogP contribution in [0.2, 0.25) is 0 Å². The molecule has 2 aliphatic rings. The van der Waals surface area contributed by atoms with Crippen LogP contribution in [0.4, 0.5) is 5.69 Å². The second-order valence-electron chi connectivity index (χ2n) is 8.14. The van der Waals surface area contributed by atoms with Gasteiger partial charge >= 0.3 is 0 Å². The molecule has 0 spiro atoms. The Hall–Kier alpha value is -2.13. The Balaban J connectivity index is 1.44. The van der Waals surface area contributed by atoms with Crippen molar-refractivity contribution in [3.8, 4) is 0 Å². The summed E-state index contributed by atoms with van der Waals surface area (Å²) >= 11 is 0. The topological polar surface area (TPSA) is 32.3 Å². The van der Waals surface area contributed by atoms with Crippen molar-refractivity contribution in [1.29, 1.82) is 0 Å². The van der Waals surface area contributed by atoms with Gasteiger partial charge in [0.25, 0.3) is 0 Å². The number of benzene rings is 2.